The fourth-order valence-corrected chi connectivity index (χ4v) is 3.31. The Morgan fingerprint density at radius 1 is 1.11 bits per heavy atom. The topological polar surface area (TPSA) is 25.2 Å². The molecule has 19 heavy (non-hydrogen) atoms. The van der Waals surface area contributed by atoms with E-state index >= 15 is 0 Å². The van der Waals surface area contributed by atoms with E-state index in [1.54, 1.807) is 0 Å². The van der Waals surface area contributed by atoms with Gasteiger partial charge < -0.3 is 9.73 Å². The summed E-state index contributed by atoms with van der Waals surface area (Å²) >= 11 is 0. The van der Waals surface area contributed by atoms with Gasteiger partial charge >= 0.3 is 0 Å². The zero-order chi connectivity index (χ0) is 13.1. The van der Waals surface area contributed by atoms with Crippen LogP contribution in [-0.4, -0.2) is 6.04 Å². The van der Waals surface area contributed by atoms with Crippen molar-refractivity contribution in [2.45, 2.75) is 76.8 Å². The van der Waals surface area contributed by atoms with Crippen LogP contribution in [0.15, 0.2) is 16.5 Å². The van der Waals surface area contributed by atoms with Crippen LogP contribution in [-0.2, 0) is 6.54 Å². The van der Waals surface area contributed by atoms with Crippen molar-refractivity contribution in [3.8, 4) is 0 Å². The summed E-state index contributed by atoms with van der Waals surface area (Å²) in [7, 11) is 0. The molecule has 0 aliphatic heterocycles. The van der Waals surface area contributed by atoms with Crippen LogP contribution in [0.2, 0.25) is 0 Å². The molecule has 0 saturated heterocycles. The molecule has 2 atom stereocenters. The Hall–Kier alpha value is -0.760. The van der Waals surface area contributed by atoms with Crippen molar-refractivity contribution in [1.29, 1.82) is 0 Å². The van der Waals surface area contributed by atoms with Gasteiger partial charge in [0.05, 0.1) is 6.54 Å². The molecule has 0 radical (unpaired) electrons. The van der Waals surface area contributed by atoms with Crippen molar-refractivity contribution < 1.29 is 4.42 Å². The number of rotatable bonds is 4. The van der Waals surface area contributed by atoms with Crippen molar-refractivity contribution >= 4 is 0 Å². The monoisotopic (exact) mass is 261 g/mol. The average molecular weight is 261 g/mol. The molecule has 0 aromatic carbocycles. The zero-order valence-electron chi connectivity index (χ0n) is 12.2. The van der Waals surface area contributed by atoms with Gasteiger partial charge in [-0.1, -0.05) is 39.0 Å². The smallest absolute Gasteiger partial charge is 0.117 e. The van der Waals surface area contributed by atoms with Crippen LogP contribution in [0.4, 0.5) is 0 Å². The van der Waals surface area contributed by atoms with Crippen LogP contribution < -0.4 is 5.32 Å². The summed E-state index contributed by atoms with van der Waals surface area (Å²) in [5, 5.41) is 3.70. The number of hydrogen-bond acceptors (Lipinski definition) is 2. The Balaban J connectivity index is 1.46. The molecular formula is C17H27NO. The third-order valence-corrected chi connectivity index (χ3v) is 4.83. The van der Waals surface area contributed by atoms with Crippen LogP contribution in [0.3, 0.4) is 0 Å². The minimum absolute atomic E-state index is 0.702. The minimum atomic E-state index is 0.702. The van der Waals surface area contributed by atoms with Crippen LogP contribution in [0, 0.1) is 5.92 Å². The molecule has 3 rings (SSSR count). The van der Waals surface area contributed by atoms with Gasteiger partial charge in [0.2, 0.25) is 0 Å². The molecule has 106 valence electrons. The van der Waals surface area contributed by atoms with Crippen LogP contribution in [0.25, 0.3) is 0 Å². The summed E-state index contributed by atoms with van der Waals surface area (Å²) in [5.74, 6) is 3.87. The second-order valence-electron chi connectivity index (χ2n) is 6.55. The Morgan fingerprint density at radius 2 is 1.79 bits per heavy atom. The van der Waals surface area contributed by atoms with Crippen molar-refractivity contribution in [3.63, 3.8) is 0 Å². The van der Waals surface area contributed by atoms with Crippen molar-refractivity contribution in [1.82, 2.24) is 5.32 Å². The third-order valence-electron chi connectivity index (χ3n) is 4.83. The van der Waals surface area contributed by atoms with Crippen LogP contribution >= 0.6 is 0 Å². The highest BCUT2D eigenvalue weighted by Gasteiger charge is 2.36. The lowest BCUT2D eigenvalue weighted by Gasteiger charge is -2.20. The number of nitrogens with one attached hydrogen (secondary N) is 1. The van der Waals surface area contributed by atoms with E-state index in [9.17, 15) is 0 Å². The summed E-state index contributed by atoms with van der Waals surface area (Å²) in [6.07, 6.45) is 11.0. The highest BCUT2D eigenvalue weighted by atomic mass is 16.3. The first-order valence-electron chi connectivity index (χ1n) is 8.15. The Labute approximate surface area is 117 Å². The predicted molar refractivity (Wildman–Crippen MR) is 78.2 cm³/mol. The average Bonchev–Trinajstić information content (AvgIpc) is 2.91. The standard InChI is InChI=1S/C17H27NO/c1-13-11-16(13)17-10-9-15(19-17)12-18-14-7-5-3-2-4-6-8-14/h9-10,13-14,16,18H,2-8,11-12H2,1H3. The van der Waals surface area contributed by atoms with Crippen molar-refractivity contribution in [2.75, 3.05) is 0 Å². The number of furan rings is 1. The second-order valence-corrected chi connectivity index (χ2v) is 6.55. The van der Waals surface area contributed by atoms with Gasteiger partial charge in [-0.15, -0.1) is 0 Å². The fourth-order valence-electron chi connectivity index (χ4n) is 3.31. The van der Waals surface area contributed by atoms with E-state index in [2.05, 4.69) is 24.4 Å². The fraction of sp³-hybridized carbons (Fsp3) is 0.765. The molecule has 1 N–H and O–H groups in total. The first-order chi connectivity index (χ1) is 9.33. The van der Waals surface area contributed by atoms with E-state index in [1.807, 2.05) is 0 Å². The second kappa shape index (κ2) is 6.13. The van der Waals surface area contributed by atoms with Gasteiger partial charge in [-0.05, 0) is 37.3 Å². The first-order valence-corrected chi connectivity index (χ1v) is 8.15. The quantitative estimate of drug-likeness (QED) is 0.856. The van der Waals surface area contributed by atoms with Crippen molar-refractivity contribution in [2.24, 2.45) is 5.92 Å². The maximum Gasteiger partial charge on any atom is 0.117 e. The largest absolute Gasteiger partial charge is 0.464 e. The lowest BCUT2D eigenvalue weighted by atomic mass is 9.97. The van der Waals surface area contributed by atoms with Crippen LogP contribution in [0.1, 0.15) is 75.7 Å². The molecule has 2 fully saturated rings. The summed E-state index contributed by atoms with van der Waals surface area (Å²) in [6, 6.07) is 5.05. The molecule has 1 aromatic rings. The minimum Gasteiger partial charge on any atom is -0.464 e. The molecule has 2 heteroatoms. The number of hydrogen-bond donors (Lipinski definition) is 1. The van der Waals surface area contributed by atoms with E-state index in [1.165, 1.54) is 57.1 Å². The maximum absolute atomic E-state index is 5.96. The summed E-state index contributed by atoms with van der Waals surface area (Å²) in [4.78, 5) is 0. The predicted octanol–water partition coefficient (Wildman–Crippen LogP) is 4.61. The summed E-state index contributed by atoms with van der Waals surface area (Å²) in [5.41, 5.74) is 0. The van der Waals surface area contributed by atoms with Crippen molar-refractivity contribution in [3.05, 3.63) is 23.7 Å². The molecule has 2 aliphatic carbocycles. The molecule has 2 nitrogen and oxygen atoms in total. The van der Waals surface area contributed by atoms with Gasteiger partial charge in [0, 0.05) is 12.0 Å². The lowest BCUT2D eigenvalue weighted by Crippen LogP contribution is -2.29. The Morgan fingerprint density at radius 3 is 2.47 bits per heavy atom. The molecule has 2 aliphatic rings. The van der Waals surface area contributed by atoms with E-state index < -0.39 is 0 Å². The molecule has 2 saturated carbocycles. The Kier molecular flexibility index (Phi) is 4.27. The summed E-state index contributed by atoms with van der Waals surface area (Å²) in [6.45, 7) is 3.21. The Bertz CT molecular complexity index is 390. The zero-order valence-corrected chi connectivity index (χ0v) is 12.2. The molecular weight excluding hydrogens is 234 g/mol. The van der Waals surface area contributed by atoms with E-state index in [-0.39, 0.29) is 0 Å². The van der Waals surface area contributed by atoms with Gasteiger partial charge in [0.25, 0.3) is 0 Å². The van der Waals surface area contributed by atoms with E-state index in [0.29, 0.717) is 12.0 Å². The molecule has 0 amide bonds. The van der Waals surface area contributed by atoms with E-state index in [4.69, 9.17) is 4.42 Å². The highest BCUT2D eigenvalue weighted by molar-refractivity contribution is 5.17. The summed E-state index contributed by atoms with van der Waals surface area (Å²) < 4.78 is 5.96. The maximum atomic E-state index is 5.96. The van der Waals surface area contributed by atoms with Gasteiger partial charge in [-0.2, -0.15) is 0 Å². The van der Waals surface area contributed by atoms with Gasteiger partial charge in [0.1, 0.15) is 11.5 Å². The van der Waals surface area contributed by atoms with Gasteiger partial charge in [-0.25, -0.2) is 0 Å². The molecule has 2 unspecified atom stereocenters. The van der Waals surface area contributed by atoms with Gasteiger partial charge in [-0.3, -0.25) is 0 Å². The van der Waals surface area contributed by atoms with E-state index in [0.717, 1.165) is 18.2 Å². The molecule has 1 heterocycles. The molecule has 1 aromatic heterocycles. The molecule has 0 bridgehead atoms. The van der Waals surface area contributed by atoms with Gasteiger partial charge in [0.15, 0.2) is 0 Å². The normalized spacial score (nSPS) is 28.9. The lowest BCUT2D eigenvalue weighted by molar-refractivity contribution is 0.366. The molecule has 0 spiro atoms. The highest BCUT2D eigenvalue weighted by Crippen LogP contribution is 2.47. The van der Waals surface area contributed by atoms with Crippen LogP contribution in [0.5, 0.6) is 0 Å². The SMILES string of the molecule is CC1CC1c1ccc(CNC2CCCCCCC2)o1. The third kappa shape index (κ3) is 3.62. The first kappa shape index (κ1) is 13.2.